The summed E-state index contributed by atoms with van der Waals surface area (Å²) in [6.45, 7) is 0. The predicted molar refractivity (Wildman–Crippen MR) is 44.3 cm³/mol. The molecule has 1 aliphatic heterocycles. The second-order valence-corrected chi connectivity index (χ2v) is 5.04. The van der Waals surface area contributed by atoms with E-state index in [0.717, 1.165) is 5.56 Å². The van der Waals surface area contributed by atoms with Gasteiger partial charge in [-0.1, -0.05) is 0 Å². The summed E-state index contributed by atoms with van der Waals surface area (Å²) in [7, 11) is -2.45. The number of aromatic amines is 1. The molecule has 0 bridgehead atoms. The van der Waals surface area contributed by atoms with E-state index in [1.165, 1.54) is 6.26 Å². The molecule has 1 amide bonds. The van der Waals surface area contributed by atoms with E-state index in [-0.39, 0.29) is 12.3 Å². The van der Waals surface area contributed by atoms with Gasteiger partial charge in [0.05, 0.1) is 21.0 Å². The molecule has 64 valence electrons. The van der Waals surface area contributed by atoms with Crippen molar-refractivity contribution in [3.05, 3.63) is 18.0 Å². The highest BCUT2D eigenvalue weighted by atomic mass is 32.2. The lowest BCUT2D eigenvalue weighted by atomic mass is 10.2. The molecular weight excluding hydrogens is 176 g/mol. The number of nitrogens with zero attached hydrogens (tertiary/aromatic N) is 1. The van der Waals surface area contributed by atoms with Crippen LogP contribution < -0.4 is 0 Å². The summed E-state index contributed by atoms with van der Waals surface area (Å²) in [5.74, 6) is -0.297. The van der Waals surface area contributed by atoms with Crippen LogP contribution in [0.1, 0.15) is 5.56 Å². The van der Waals surface area contributed by atoms with Gasteiger partial charge in [-0.25, -0.2) is 4.21 Å². The summed E-state index contributed by atoms with van der Waals surface area (Å²) in [5, 5.41) is 0. The van der Waals surface area contributed by atoms with Gasteiger partial charge in [0.25, 0.3) is 5.91 Å². The third-order valence-electron chi connectivity index (χ3n) is 1.81. The number of hydrogen-bond donors (Lipinski definition) is 1. The van der Waals surface area contributed by atoms with Gasteiger partial charge in [-0.3, -0.25) is 4.79 Å². The Morgan fingerprint density at radius 3 is 3.08 bits per heavy atom. The number of H-pyrrole nitrogens is 1. The molecule has 0 aromatic carbocycles. The molecule has 4 nitrogen and oxygen atoms in total. The van der Waals surface area contributed by atoms with Crippen LogP contribution in [-0.4, -0.2) is 21.4 Å². The van der Waals surface area contributed by atoms with Crippen LogP contribution in [0, 0.1) is 0 Å². The zero-order chi connectivity index (χ0) is 8.77. The molecule has 0 aliphatic carbocycles. The number of carbonyl (C=O) groups is 1. The zero-order valence-corrected chi connectivity index (χ0v) is 7.35. The first-order chi connectivity index (χ1) is 5.59. The van der Waals surface area contributed by atoms with Crippen LogP contribution >= 0.6 is 0 Å². The highest BCUT2D eigenvalue weighted by Crippen LogP contribution is 2.22. The largest absolute Gasteiger partial charge is 0.366 e. The van der Waals surface area contributed by atoms with E-state index in [9.17, 15) is 9.00 Å². The molecule has 2 heterocycles. The van der Waals surface area contributed by atoms with E-state index in [4.69, 9.17) is 0 Å². The Morgan fingerprint density at radius 2 is 2.33 bits per heavy atom. The van der Waals surface area contributed by atoms with Crippen LogP contribution in [0.4, 0.5) is 0 Å². The molecule has 1 atom stereocenters. The van der Waals surface area contributed by atoms with Crippen molar-refractivity contribution in [3.8, 4) is 0 Å². The normalized spacial score (nSPS) is 27.9. The lowest BCUT2D eigenvalue weighted by Gasteiger charge is -2.08. The van der Waals surface area contributed by atoms with Crippen LogP contribution in [0.15, 0.2) is 21.7 Å². The summed E-state index contributed by atoms with van der Waals surface area (Å²) in [6, 6.07) is 0. The summed E-state index contributed by atoms with van der Waals surface area (Å²) in [6.07, 6.45) is 5.10. The molecule has 0 spiro atoms. The van der Waals surface area contributed by atoms with Gasteiger partial charge in [-0.05, 0) is 5.56 Å². The summed E-state index contributed by atoms with van der Waals surface area (Å²) < 4.78 is 15.3. The molecule has 0 fully saturated rings. The maximum absolute atomic E-state index is 11.7. The average Bonchev–Trinajstić information content (AvgIpc) is 2.32. The molecule has 1 unspecified atom stereocenters. The second kappa shape index (κ2) is 2.20. The Hall–Kier alpha value is -1.10. The number of fused-ring (bicyclic) bond motifs is 1. The van der Waals surface area contributed by atoms with E-state index in [2.05, 4.69) is 9.35 Å². The zero-order valence-electron chi connectivity index (χ0n) is 6.53. The van der Waals surface area contributed by atoms with Gasteiger partial charge < -0.3 is 4.98 Å². The minimum Gasteiger partial charge on any atom is -0.366 e. The van der Waals surface area contributed by atoms with Crippen LogP contribution in [0.25, 0.3) is 0 Å². The van der Waals surface area contributed by atoms with Crippen molar-refractivity contribution in [1.29, 1.82) is 0 Å². The number of nitrogens with one attached hydrogen (secondary N) is 1. The maximum atomic E-state index is 11.7. The highest BCUT2D eigenvalue weighted by Gasteiger charge is 2.21. The van der Waals surface area contributed by atoms with Crippen LogP contribution in [-0.2, 0) is 20.9 Å². The van der Waals surface area contributed by atoms with Gasteiger partial charge in [-0.15, -0.1) is 0 Å². The first-order valence-corrected chi connectivity index (χ1v) is 5.42. The Morgan fingerprint density at radius 1 is 1.58 bits per heavy atom. The van der Waals surface area contributed by atoms with Crippen molar-refractivity contribution >= 4 is 15.6 Å². The maximum Gasteiger partial charge on any atom is 0.258 e. The summed E-state index contributed by atoms with van der Waals surface area (Å²) in [5.41, 5.74) is 0.808. The van der Waals surface area contributed by atoms with Gasteiger partial charge in [0.15, 0.2) is 0 Å². The molecule has 1 aromatic rings. The van der Waals surface area contributed by atoms with Crippen LogP contribution in [0.3, 0.4) is 0 Å². The van der Waals surface area contributed by atoms with Crippen molar-refractivity contribution in [1.82, 2.24) is 4.98 Å². The molecule has 0 saturated carbocycles. The first-order valence-electron chi connectivity index (χ1n) is 3.50. The molecular formula is C7H8N2O2S. The van der Waals surface area contributed by atoms with Gasteiger partial charge in [-0.2, -0.15) is 4.36 Å². The van der Waals surface area contributed by atoms with Crippen molar-refractivity contribution in [2.45, 2.75) is 11.3 Å². The van der Waals surface area contributed by atoms with Gasteiger partial charge in [0.1, 0.15) is 0 Å². The van der Waals surface area contributed by atoms with Crippen molar-refractivity contribution < 1.29 is 9.00 Å². The summed E-state index contributed by atoms with van der Waals surface area (Å²) in [4.78, 5) is 14.5. The fourth-order valence-corrected chi connectivity index (χ4v) is 2.77. The molecule has 1 N–H and O–H groups in total. The van der Waals surface area contributed by atoms with E-state index < -0.39 is 9.73 Å². The van der Waals surface area contributed by atoms with Crippen LogP contribution in [0.2, 0.25) is 0 Å². The monoisotopic (exact) mass is 184 g/mol. The second-order valence-electron chi connectivity index (χ2n) is 2.81. The van der Waals surface area contributed by atoms with Crippen molar-refractivity contribution in [2.75, 3.05) is 6.26 Å². The number of aromatic nitrogens is 1. The first kappa shape index (κ1) is 7.54. The SMILES string of the molecule is CS1(=O)=NC(=O)Cc2c[nH]cc21. The predicted octanol–water partition coefficient (Wildman–Crippen LogP) is 0.554. The minimum atomic E-state index is -2.45. The quantitative estimate of drug-likeness (QED) is 0.640. The molecule has 0 saturated heterocycles. The Labute approximate surface area is 70.2 Å². The van der Waals surface area contributed by atoms with Crippen molar-refractivity contribution in [2.24, 2.45) is 4.36 Å². The standard InChI is InChI=1S/C7H8N2O2S/c1-12(11)6-4-8-3-5(6)2-7(10)9-12/h3-4,8H,2H2,1H3. The van der Waals surface area contributed by atoms with E-state index in [1.54, 1.807) is 12.4 Å². The van der Waals surface area contributed by atoms with E-state index in [0.29, 0.717) is 4.90 Å². The van der Waals surface area contributed by atoms with Gasteiger partial charge in [0.2, 0.25) is 0 Å². The molecule has 1 aliphatic rings. The fourth-order valence-electron chi connectivity index (χ4n) is 1.31. The van der Waals surface area contributed by atoms with Crippen molar-refractivity contribution in [3.63, 3.8) is 0 Å². The Bertz CT molecular complexity index is 452. The van der Waals surface area contributed by atoms with E-state index in [1.807, 2.05) is 0 Å². The van der Waals surface area contributed by atoms with E-state index >= 15 is 0 Å². The molecule has 2 rings (SSSR count). The summed E-state index contributed by atoms with van der Waals surface area (Å²) >= 11 is 0. The average molecular weight is 184 g/mol. The van der Waals surface area contributed by atoms with Gasteiger partial charge >= 0.3 is 0 Å². The number of amides is 1. The molecule has 5 heteroatoms. The third kappa shape index (κ3) is 0.972. The number of carbonyl (C=O) groups excluding carboxylic acids is 1. The Balaban J connectivity index is 2.77. The number of hydrogen-bond acceptors (Lipinski definition) is 2. The van der Waals surface area contributed by atoms with Gasteiger partial charge in [0, 0.05) is 18.6 Å². The lowest BCUT2D eigenvalue weighted by molar-refractivity contribution is -0.117. The van der Waals surface area contributed by atoms with Crippen LogP contribution in [0.5, 0.6) is 0 Å². The third-order valence-corrected chi connectivity index (χ3v) is 3.56. The number of rotatable bonds is 0. The topological polar surface area (TPSA) is 62.3 Å². The lowest BCUT2D eigenvalue weighted by Crippen LogP contribution is -2.12. The smallest absolute Gasteiger partial charge is 0.258 e. The minimum absolute atomic E-state index is 0.268. The molecule has 1 aromatic heterocycles. The Kier molecular flexibility index (Phi) is 1.38. The molecule has 0 radical (unpaired) electrons. The fraction of sp³-hybridized carbons (Fsp3) is 0.286. The molecule has 12 heavy (non-hydrogen) atoms. The highest BCUT2D eigenvalue weighted by molar-refractivity contribution is 7.93.